The highest BCUT2D eigenvalue weighted by Crippen LogP contribution is 2.16. The number of rotatable bonds is 40. The molecule has 0 rings (SSSR count). The fourth-order valence-electron chi connectivity index (χ4n) is 6.72. The fraction of sp³-hybridized carbons (Fsp3) is 0.848. The van der Waals surface area contributed by atoms with Crippen LogP contribution in [0, 0.1) is 0 Å². The van der Waals surface area contributed by atoms with Crippen molar-refractivity contribution in [3.05, 3.63) is 36.5 Å². The summed E-state index contributed by atoms with van der Waals surface area (Å²) in [5.74, 6) is -0.328. The van der Waals surface area contributed by atoms with Crippen molar-refractivity contribution >= 4 is 5.91 Å². The lowest BCUT2D eigenvalue weighted by Gasteiger charge is -2.21. The quantitative estimate of drug-likeness (QED) is 0.0375. The Morgan fingerprint density at radius 1 is 0.490 bits per heavy atom. The van der Waals surface area contributed by atoms with E-state index in [1.54, 1.807) is 6.08 Å². The molecule has 0 aromatic rings. The van der Waals surface area contributed by atoms with E-state index in [0.717, 1.165) is 38.5 Å². The van der Waals surface area contributed by atoms with E-state index in [9.17, 15) is 20.1 Å². The molecule has 0 aliphatic rings. The number of hydrogen-bond donors (Lipinski definition) is 4. The SMILES string of the molecule is CCCCCC/C=C/CC/C=C/CC/C=C/C(O)C(CO)NC(=O)CC(O)CCCCCCCCCCCCCCCCCCCCCCCC. The second kappa shape index (κ2) is 41.3. The summed E-state index contributed by atoms with van der Waals surface area (Å²) in [7, 11) is 0. The molecule has 5 nitrogen and oxygen atoms in total. The van der Waals surface area contributed by atoms with Gasteiger partial charge in [0.15, 0.2) is 0 Å². The van der Waals surface area contributed by atoms with Crippen LogP contribution in [-0.4, -0.2) is 46.1 Å². The third-order valence-electron chi connectivity index (χ3n) is 10.2. The van der Waals surface area contributed by atoms with Crippen molar-refractivity contribution in [2.75, 3.05) is 6.61 Å². The Labute approximate surface area is 317 Å². The molecule has 0 spiro atoms. The van der Waals surface area contributed by atoms with Crippen LogP contribution in [0.15, 0.2) is 36.5 Å². The first kappa shape index (κ1) is 49.6. The third-order valence-corrected chi connectivity index (χ3v) is 10.2. The zero-order chi connectivity index (χ0) is 37.3. The molecule has 0 aromatic heterocycles. The summed E-state index contributed by atoms with van der Waals surface area (Å²) < 4.78 is 0. The highest BCUT2D eigenvalue weighted by molar-refractivity contribution is 5.76. The lowest BCUT2D eigenvalue weighted by Crippen LogP contribution is -2.45. The van der Waals surface area contributed by atoms with Crippen molar-refractivity contribution < 1.29 is 20.1 Å². The van der Waals surface area contributed by atoms with Gasteiger partial charge in [-0.15, -0.1) is 0 Å². The zero-order valence-corrected chi connectivity index (χ0v) is 34.0. The number of carbonyl (C=O) groups excluding carboxylic acids is 1. The Kier molecular flexibility index (Phi) is 40.2. The van der Waals surface area contributed by atoms with Crippen LogP contribution in [0.4, 0.5) is 0 Å². The molecule has 0 aromatic carbocycles. The second-order valence-electron chi connectivity index (χ2n) is 15.3. The number of hydrogen-bond acceptors (Lipinski definition) is 4. The maximum atomic E-state index is 12.4. The van der Waals surface area contributed by atoms with Gasteiger partial charge in [0.25, 0.3) is 0 Å². The summed E-state index contributed by atoms with van der Waals surface area (Å²) in [6, 6.07) is -0.764. The molecule has 1 amide bonds. The molecule has 5 heteroatoms. The number of amides is 1. The minimum atomic E-state index is -0.957. The lowest BCUT2D eigenvalue weighted by molar-refractivity contribution is -0.124. The standard InChI is InChI=1S/C46H87NO4/c1-3-5-7-9-11-13-15-17-19-20-21-22-23-24-25-26-27-29-31-33-35-37-39-43(49)41-46(51)47-44(42-48)45(50)40-38-36-34-32-30-28-18-16-14-12-10-8-6-4-2/h14,16,30,32,38,40,43-45,48-50H,3-13,15,17-29,31,33-37,39,41-42H2,1-2H3,(H,47,51)/b16-14+,32-30+,40-38+. The summed E-state index contributed by atoms with van der Waals surface area (Å²) in [5, 5.41) is 33.2. The summed E-state index contributed by atoms with van der Waals surface area (Å²) in [4.78, 5) is 12.4. The van der Waals surface area contributed by atoms with E-state index in [1.807, 2.05) is 6.08 Å². The molecule has 0 aliphatic carbocycles. The van der Waals surface area contributed by atoms with Gasteiger partial charge in [0.2, 0.25) is 5.91 Å². The molecule has 3 unspecified atom stereocenters. The molecule has 0 fully saturated rings. The first-order chi connectivity index (χ1) is 25.0. The minimum Gasteiger partial charge on any atom is -0.394 e. The lowest BCUT2D eigenvalue weighted by atomic mass is 10.0. The number of unbranched alkanes of at least 4 members (excludes halogenated alkanes) is 27. The van der Waals surface area contributed by atoms with E-state index < -0.39 is 18.2 Å². The number of aliphatic hydroxyl groups excluding tert-OH is 3. The van der Waals surface area contributed by atoms with E-state index in [0.29, 0.717) is 6.42 Å². The molecule has 300 valence electrons. The molecule has 0 heterocycles. The van der Waals surface area contributed by atoms with Gasteiger partial charge in [-0.2, -0.15) is 0 Å². The summed E-state index contributed by atoms with van der Waals surface area (Å²) >= 11 is 0. The largest absolute Gasteiger partial charge is 0.394 e. The van der Waals surface area contributed by atoms with E-state index >= 15 is 0 Å². The van der Waals surface area contributed by atoms with Crippen LogP contribution >= 0.6 is 0 Å². The molecule has 0 saturated heterocycles. The first-order valence-corrected chi connectivity index (χ1v) is 22.3. The summed E-state index contributed by atoms with van der Waals surface area (Å²) in [6.45, 7) is 4.18. The van der Waals surface area contributed by atoms with Crippen molar-refractivity contribution in [1.82, 2.24) is 5.32 Å². The molecule has 51 heavy (non-hydrogen) atoms. The van der Waals surface area contributed by atoms with Crippen LogP contribution < -0.4 is 5.32 Å². The van der Waals surface area contributed by atoms with Gasteiger partial charge in [-0.05, 0) is 44.9 Å². The fourth-order valence-corrected chi connectivity index (χ4v) is 6.72. The molecule has 3 atom stereocenters. The summed E-state index contributed by atoms with van der Waals surface area (Å²) in [5.41, 5.74) is 0. The Balaban J connectivity index is 3.65. The van der Waals surface area contributed by atoms with Gasteiger partial charge in [0, 0.05) is 0 Å². The average molecular weight is 718 g/mol. The van der Waals surface area contributed by atoms with Crippen molar-refractivity contribution in [3.8, 4) is 0 Å². The third kappa shape index (κ3) is 38.1. The zero-order valence-electron chi connectivity index (χ0n) is 34.0. The van der Waals surface area contributed by atoms with Gasteiger partial charge in [0.1, 0.15) is 0 Å². The summed E-state index contributed by atoms with van der Waals surface area (Å²) in [6.07, 6.45) is 51.5. The van der Waals surface area contributed by atoms with E-state index in [4.69, 9.17) is 0 Å². The van der Waals surface area contributed by atoms with Crippen molar-refractivity contribution in [3.63, 3.8) is 0 Å². The highest BCUT2D eigenvalue weighted by Gasteiger charge is 2.20. The number of allylic oxidation sites excluding steroid dienone is 5. The van der Waals surface area contributed by atoms with Crippen LogP contribution in [0.1, 0.15) is 226 Å². The Morgan fingerprint density at radius 3 is 1.25 bits per heavy atom. The predicted octanol–water partition coefficient (Wildman–Crippen LogP) is 12.8. The average Bonchev–Trinajstić information content (AvgIpc) is 3.12. The first-order valence-electron chi connectivity index (χ1n) is 22.3. The maximum absolute atomic E-state index is 12.4. The van der Waals surface area contributed by atoms with Gasteiger partial charge in [-0.3, -0.25) is 4.79 Å². The molecule has 0 bridgehead atoms. The molecule has 0 saturated carbocycles. The second-order valence-corrected chi connectivity index (χ2v) is 15.3. The minimum absolute atomic E-state index is 0.00499. The van der Waals surface area contributed by atoms with Gasteiger partial charge in [-0.1, -0.05) is 211 Å². The predicted molar refractivity (Wildman–Crippen MR) is 222 cm³/mol. The van der Waals surface area contributed by atoms with Gasteiger partial charge in [0.05, 0.1) is 31.3 Å². The van der Waals surface area contributed by atoms with Crippen LogP contribution in [0.3, 0.4) is 0 Å². The highest BCUT2D eigenvalue weighted by atomic mass is 16.3. The van der Waals surface area contributed by atoms with E-state index in [1.165, 1.54) is 161 Å². The van der Waals surface area contributed by atoms with Crippen molar-refractivity contribution in [1.29, 1.82) is 0 Å². The molecule has 4 N–H and O–H groups in total. The number of aliphatic hydroxyl groups is 3. The number of nitrogens with one attached hydrogen (secondary N) is 1. The van der Waals surface area contributed by atoms with Crippen LogP contribution in [0.25, 0.3) is 0 Å². The van der Waals surface area contributed by atoms with Crippen LogP contribution in [0.2, 0.25) is 0 Å². The Bertz CT molecular complexity index is 794. The number of carbonyl (C=O) groups is 1. The van der Waals surface area contributed by atoms with Crippen molar-refractivity contribution in [2.45, 2.75) is 244 Å². The van der Waals surface area contributed by atoms with Gasteiger partial charge in [-0.25, -0.2) is 0 Å². The topological polar surface area (TPSA) is 89.8 Å². The molecular weight excluding hydrogens is 631 g/mol. The normalized spacial score (nSPS) is 13.9. The smallest absolute Gasteiger partial charge is 0.222 e. The van der Waals surface area contributed by atoms with E-state index in [2.05, 4.69) is 43.5 Å². The van der Waals surface area contributed by atoms with Gasteiger partial charge >= 0.3 is 0 Å². The monoisotopic (exact) mass is 718 g/mol. The Morgan fingerprint density at radius 2 is 0.843 bits per heavy atom. The molecule has 0 radical (unpaired) electrons. The van der Waals surface area contributed by atoms with Crippen molar-refractivity contribution in [2.24, 2.45) is 0 Å². The van der Waals surface area contributed by atoms with Gasteiger partial charge < -0.3 is 20.6 Å². The molecule has 0 aliphatic heterocycles. The maximum Gasteiger partial charge on any atom is 0.222 e. The van der Waals surface area contributed by atoms with Crippen LogP contribution in [0.5, 0.6) is 0 Å². The van der Waals surface area contributed by atoms with Crippen LogP contribution in [-0.2, 0) is 4.79 Å². The molecular formula is C46H87NO4. The Hall–Kier alpha value is -1.43. The van der Waals surface area contributed by atoms with E-state index in [-0.39, 0.29) is 18.9 Å².